The lowest BCUT2D eigenvalue weighted by atomic mass is 9.87. The summed E-state index contributed by atoms with van der Waals surface area (Å²) in [6, 6.07) is 15.2. The molecule has 1 aliphatic heterocycles. The number of anilines is 1. The summed E-state index contributed by atoms with van der Waals surface area (Å²) in [6.07, 6.45) is 0. The van der Waals surface area contributed by atoms with E-state index in [2.05, 4.69) is 59.8 Å². The number of rotatable bonds is 7. The van der Waals surface area contributed by atoms with Gasteiger partial charge in [0.25, 0.3) is 5.56 Å². The van der Waals surface area contributed by atoms with Gasteiger partial charge < -0.3 is 10.0 Å². The average molecular weight is 535 g/mol. The summed E-state index contributed by atoms with van der Waals surface area (Å²) >= 11 is 0. The Hall–Kier alpha value is -3.76. The monoisotopic (exact) mass is 534 g/mol. The number of H-pyrrole nitrogens is 1. The largest absolute Gasteiger partial charge is 0.395 e. The Labute approximate surface area is 226 Å². The van der Waals surface area contributed by atoms with Gasteiger partial charge in [-0.1, -0.05) is 63.2 Å². The first kappa shape index (κ1) is 26.8. The van der Waals surface area contributed by atoms with Gasteiger partial charge in [-0.15, -0.1) is 0 Å². The Kier molecular flexibility index (Phi) is 7.42. The summed E-state index contributed by atoms with van der Waals surface area (Å²) < 4.78 is 17.6. The third-order valence-electron chi connectivity index (χ3n) is 7.36. The van der Waals surface area contributed by atoms with Gasteiger partial charge in [-0.25, -0.2) is 9.18 Å². The molecule has 0 unspecified atom stereocenters. The van der Waals surface area contributed by atoms with Crippen molar-refractivity contribution in [1.29, 1.82) is 0 Å². The maximum absolute atomic E-state index is 14.6. The van der Waals surface area contributed by atoms with E-state index in [1.165, 1.54) is 21.8 Å². The Bertz CT molecular complexity index is 1570. The zero-order valence-corrected chi connectivity index (χ0v) is 22.7. The van der Waals surface area contributed by atoms with Crippen LogP contribution in [0, 0.1) is 5.82 Å². The molecular weight excluding hydrogens is 499 g/mol. The molecule has 10 heteroatoms. The molecule has 1 fully saturated rings. The van der Waals surface area contributed by atoms with E-state index in [9.17, 15) is 19.1 Å². The lowest BCUT2D eigenvalue weighted by Crippen LogP contribution is -2.47. The molecular formula is C29H35FN6O3. The summed E-state index contributed by atoms with van der Waals surface area (Å²) in [7, 11) is 0. The molecule has 2 aromatic heterocycles. The quantitative estimate of drug-likeness (QED) is 0.378. The number of piperazine rings is 1. The van der Waals surface area contributed by atoms with Crippen molar-refractivity contribution in [3.05, 3.63) is 91.9 Å². The smallest absolute Gasteiger partial charge is 0.330 e. The molecule has 0 amide bonds. The van der Waals surface area contributed by atoms with Gasteiger partial charge in [0.1, 0.15) is 5.82 Å². The van der Waals surface area contributed by atoms with Gasteiger partial charge in [0.05, 0.1) is 19.7 Å². The van der Waals surface area contributed by atoms with E-state index in [0.717, 1.165) is 19.6 Å². The predicted molar refractivity (Wildman–Crippen MR) is 150 cm³/mol. The number of aliphatic hydroxyl groups excluding tert-OH is 1. The second-order valence-electron chi connectivity index (χ2n) is 11.1. The molecule has 1 saturated heterocycles. The molecule has 0 spiro atoms. The lowest BCUT2D eigenvalue weighted by Gasteiger charge is -2.35. The number of hydrogen-bond acceptors (Lipinski definition) is 6. The van der Waals surface area contributed by atoms with Crippen molar-refractivity contribution in [3.8, 4) is 0 Å². The van der Waals surface area contributed by atoms with Gasteiger partial charge >= 0.3 is 5.69 Å². The predicted octanol–water partition coefficient (Wildman–Crippen LogP) is 2.69. The maximum Gasteiger partial charge on any atom is 0.330 e. The molecule has 0 bridgehead atoms. The van der Waals surface area contributed by atoms with Gasteiger partial charge in [0.15, 0.2) is 11.2 Å². The zero-order valence-electron chi connectivity index (χ0n) is 22.7. The number of nitrogens with zero attached hydrogens (tertiary/aromatic N) is 5. The highest BCUT2D eigenvalue weighted by molar-refractivity contribution is 5.74. The minimum absolute atomic E-state index is 0.00987. The standard InChI is InChI=1S/C29H35FN6O3/c1-29(2,3)22-10-8-20(9-11-22)18-33-12-14-34(15-13-33)27-31-25-24(26(38)32-28(39)35(25)16-17-37)36(27)19-21-6-4-5-7-23(21)30/h4-11,37H,12-19H2,1-3H3,(H,32,38,39). The highest BCUT2D eigenvalue weighted by atomic mass is 19.1. The Balaban J connectivity index is 1.44. The molecule has 2 aromatic carbocycles. The molecule has 1 aliphatic rings. The van der Waals surface area contributed by atoms with E-state index in [1.807, 2.05) is 0 Å². The highest BCUT2D eigenvalue weighted by Crippen LogP contribution is 2.25. The van der Waals surface area contributed by atoms with Crippen LogP contribution in [0.15, 0.2) is 58.1 Å². The fraction of sp³-hybridized carbons (Fsp3) is 0.414. The van der Waals surface area contributed by atoms with Crippen molar-refractivity contribution in [2.45, 2.75) is 45.8 Å². The van der Waals surface area contributed by atoms with E-state index >= 15 is 0 Å². The summed E-state index contributed by atoms with van der Waals surface area (Å²) in [5.74, 6) is 0.123. The van der Waals surface area contributed by atoms with Gasteiger partial charge in [-0.3, -0.25) is 23.8 Å². The number of halogens is 1. The Morgan fingerprint density at radius 2 is 1.64 bits per heavy atom. The van der Waals surface area contributed by atoms with Crippen LogP contribution in [0.1, 0.15) is 37.5 Å². The minimum Gasteiger partial charge on any atom is -0.395 e. The fourth-order valence-electron chi connectivity index (χ4n) is 5.13. The second kappa shape index (κ2) is 10.8. The summed E-state index contributed by atoms with van der Waals surface area (Å²) in [4.78, 5) is 37.0. The minimum atomic E-state index is -0.633. The number of hydrogen-bond donors (Lipinski definition) is 2. The molecule has 2 N–H and O–H groups in total. The average Bonchev–Trinajstić information content (AvgIpc) is 3.27. The van der Waals surface area contributed by atoms with Gasteiger partial charge in [-0.05, 0) is 22.6 Å². The maximum atomic E-state index is 14.6. The van der Waals surface area contributed by atoms with Crippen LogP contribution < -0.4 is 16.1 Å². The summed E-state index contributed by atoms with van der Waals surface area (Å²) in [5.41, 5.74) is 2.23. The van der Waals surface area contributed by atoms with Gasteiger partial charge in [0, 0.05) is 38.3 Å². The molecule has 0 radical (unpaired) electrons. The second-order valence-corrected chi connectivity index (χ2v) is 11.1. The zero-order chi connectivity index (χ0) is 27.7. The summed E-state index contributed by atoms with van der Waals surface area (Å²) in [5, 5.41) is 9.52. The molecule has 3 heterocycles. The number of aromatic nitrogens is 4. The van der Waals surface area contributed by atoms with E-state index in [0.29, 0.717) is 24.6 Å². The van der Waals surface area contributed by atoms with Crippen LogP contribution in [0.4, 0.5) is 10.3 Å². The first-order valence-electron chi connectivity index (χ1n) is 13.3. The van der Waals surface area contributed by atoms with Crippen LogP contribution in [-0.2, 0) is 25.0 Å². The molecule has 39 heavy (non-hydrogen) atoms. The normalized spacial score (nSPS) is 14.8. The van der Waals surface area contributed by atoms with Crippen LogP contribution in [0.25, 0.3) is 11.2 Å². The van der Waals surface area contributed by atoms with E-state index in [4.69, 9.17) is 4.98 Å². The Morgan fingerprint density at radius 3 is 2.28 bits per heavy atom. The van der Waals surface area contributed by atoms with Crippen LogP contribution >= 0.6 is 0 Å². The molecule has 0 saturated carbocycles. The number of aliphatic hydroxyl groups is 1. The van der Waals surface area contributed by atoms with Crippen molar-refractivity contribution in [2.24, 2.45) is 0 Å². The third kappa shape index (κ3) is 5.53. The van der Waals surface area contributed by atoms with Crippen molar-refractivity contribution in [3.63, 3.8) is 0 Å². The molecule has 0 aliphatic carbocycles. The van der Waals surface area contributed by atoms with Crippen LogP contribution in [0.3, 0.4) is 0 Å². The first-order chi connectivity index (χ1) is 18.7. The van der Waals surface area contributed by atoms with E-state index < -0.39 is 11.2 Å². The lowest BCUT2D eigenvalue weighted by molar-refractivity contribution is 0.248. The third-order valence-corrected chi connectivity index (χ3v) is 7.36. The van der Waals surface area contributed by atoms with E-state index in [1.54, 1.807) is 22.8 Å². The fourth-order valence-corrected chi connectivity index (χ4v) is 5.13. The molecule has 0 atom stereocenters. The number of fused-ring (bicyclic) bond motifs is 1. The van der Waals surface area contributed by atoms with Crippen molar-refractivity contribution >= 4 is 17.1 Å². The van der Waals surface area contributed by atoms with Crippen LogP contribution in [0.5, 0.6) is 0 Å². The number of nitrogens with one attached hydrogen (secondary N) is 1. The van der Waals surface area contributed by atoms with Gasteiger partial charge in [-0.2, -0.15) is 4.98 Å². The molecule has 206 valence electrons. The van der Waals surface area contributed by atoms with Gasteiger partial charge in [0.2, 0.25) is 5.95 Å². The number of aromatic amines is 1. The van der Waals surface area contributed by atoms with Crippen LogP contribution in [0.2, 0.25) is 0 Å². The van der Waals surface area contributed by atoms with Crippen LogP contribution in [-0.4, -0.2) is 61.9 Å². The van der Waals surface area contributed by atoms with Crippen molar-refractivity contribution < 1.29 is 9.50 Å². The highest BCUT2D eigenvalue weighted by Gasteiger charge is 2.26. The van der Waals surface area contributed by atoms with Crippen molar-refractivity contribution in [1.82, 2.24) is 24.0 Å². The molecule has 4 aromatic rings. The topological polar surface area (TPSA) is 99.4 Å². The van der Waals surface area contributed by atoms with Crippen molar-refractivity contribution in [2.75, 3.05) is 37.7 Å². The first-order valence-corrected chi connectivity index (χ1v) is 13.3. The SMILES string of the molecule is CC(C)(C)c1ccc(CN2CCN(c3nc4c(c(=O)[nH]c(=O)n4CCO)n3Cc3ccccc3F)CC2)cc1. The number of benzene rings is 2. The van der Waals surface area contributed by atoms with E-state index in [-0.39, 0.29) is 42.1 Å². The molecule has 5 rings (SSSR count). The molecule has 9 nitrogen and oxygen atoms in total. The number of imidazole rings is 1. The Morgan fingerprint density at radius 1 is 0.949 bits per heavy atom. The summed E-state index contributed by atoms with van der Waals surface area (Å²) in [6.45, 7) is 10.1.